The molecule has 1 unspecified atom stereocenters. The van der Waals surface area contributed by atoms with Gasteiger partial charge in [-0.25, -0.2) is 0 Å². The number of ether oxygens (including phenoxy) is 1. The normalized spacial score (nSPS) is 13.4. The highest BCUT2D eigenvalue weighted by molar-refractivity contribution is 5.24. The van der Waals surface area contributed by atoms with Gasteiger partial charge in [0.05, 0.1) is 6.61 Å². The van der Waals surface area contributed by atoms with Crippen LogP contribution >= 0.6 is 0 Å². The van der Waals surface area contributed by atoms with Gasteiger partial charge in [0.15, 0.2) is 0 Å². The first-order valence-electron chi connectivity index (χ1n) is 7.36. The van der Waals surface area contributed by atoms with Gasteiger partial charge in [-0.05, 0) is 30.0 Å². The minimum Gasteiger partial charge on any atom is -0.377 e. The summed E-state index contributed by atoms with van der Waals surface area (Å²) in [5.41, 5.74) is 2.23. The topological polar surface area (TPSA) is 21.3 Å². The fourth-order valence-corrected chi connectivity index (χ4v) is 1.99. The van der Waals surface area contributed by atoms with Crippen molar-refractivity contribution in [3.05, 3.63) is 35.4 Å². The number of hydrogen-bond acceptors (Lipinski definition) is 2. The molecule has 0 spiro atoms. The monoisotopic (exact) mass is 303 g/mol. The van der Waals surface area contributed by atoms with Crippen molar-refractivity contribution < 1.29 is 17.9 Å². The fourth-order valence-electron chi connectivity index (χ4n) is 1.99. The van der Waals surface area contributed by atoms with Crippen molar-refractivity contribution in [2.24, 2.45) is 0 Å². The molecule has 1 N–H and O–H groups in total. The first kappa shape index (κ1) is 18.0. The van der Waals surface area contributed by atoms with Crippen molar-refractivity contribution in [3.63, 3.8) is 0 Å². The second-order valence-corrected chi connectivity index (χ2v) is 5.22. The lowest BCUT2D eigenvalue weighted by Gasteiger charge is -2.13. The lowest BCUT2D eigenvalue weighted by molar-refractivity contribution is -0.138. The highest BCUT2D eigenvalue weighted by Crippen LogP contribution is 2.21. The maximum absolute atomic E-state index is 12.0. The third kappa shape index (κ3) is 8.07. The zero-order valence-corrected chi connectivity index (χ0v) is 12.7. The third-order valence-corrected chi connectivity index (χ3v) is 3.27. The predicted molar refractivity (Wildman–Crippen MR) is 78.3 cm³/mol. The smallest absolute Gasteiger partial charge is 0.377 e. The lowest BCUT2D eigenvalue weighted by atomic mass is 10.00. The summed E-state index contributed by atoms with van der Waals surface area (Å²) in [4.78, 5) is 0. The molecule has 120 valence electrons. The Labute approximate surface area is 124 Å². The molecular formula is C16H24F3NO. The van der Waals surface area contributed by atoms with Gasteiger partial charge < -0.3 is 10.1 Å². The summed E-state index contributed by atoms with van der Waals surface area (Å²) < 4.78 is 41.1. The third-order valence-electron chi connectivity index (χ3n) is 3.27. The van der Waals surface area contributed by atoms with E-state index >= 15 is 0 Å². The number of likely N-dealkylation sites (N-methyl/N-ethyl adjacent to an activating group) is 1. The van der Waals surface area contributed by atoms with Crippen LogP contribution in [0.3, 0.4) is 0 Å². The number of rotatable bonds is 9. The van der Waals surface area contributed by atoms with E-state index < -0.39 is 12.6 Å². The quantitative estimate of drug-likeness (QED) is 0.688. The average Bonchev–Trinajstić information content (AvgIpc) is 2.44. The molecule has 1 aromatic rings. The van der Waals surface area contributed by atoms with E-state index in [1.54, 1.807) is 0 Å². The Morgan fingerprint density at radius 3 is 2.43 bits per heavy atom. The van der Waals surface area contributed by atoms with Crippen LogP contribution in [0.2, 0.25) is 0 Å². The predicted octanol–water partition coefficient (Wildman–Crippen LogP) is 4.26. The van der Waals surface area contributed by atoms with Gasteiger partial charge in [-0.2, -0.15) is 13.2 Å². The minimum atomic E-state index is -4.09. The first-order valence-corrected chi connectivity index (χ1v) is 7.36. The van der Waals surface area contributed by atoms with E-state index in [1.807, 2.05) is 12.1 Å². The van der Waals surface area contributed by atoms with Crippen LogP contribution in [0.15, 0.2) is 24.3 Å². The molecule has 0 fully saturated rings. The van der Waals surface area contributed by atoms with E-state index in [1.165, 1.54) is 5.56 Å². The molecule has 0 radical (unpaired) electrons. The van der Waals surface area contributed by atoms with Crippen LogP contribution < -0.4 is 5.32 Å². The van der Waals surface area contributed by atoms with Crippen molar-refractivity contribution in [2.45, 2.75) is 45.4 Å². The molecule has 0 aliphatic heterocycles. The van der Waals surface area contributed by atoms with Crippen molar-refractivity contribution in [3.8, 4) is 0 Å². The molecule has 21 heavy (non-hydrogen) atoms. The molecule has 0 bridgehead atoms. The lowest BCUT2D eigenvalue weighted by Crippen LogP contribution is -2.19. The van der Waals surface area contributed by atoms with Crippen LogP contribution in [0.25, 0.3) is 0 Å². The van der Waals surface area contributed by atoms with Gasteiger partial charge in [0.1, 0.15) is 0 Å². The van der Waals surface area contributed by atoms with Crippen LogP contribution in [0.5, 0.6) is 0 Å². The van der Waals surface area contributed by atoms with E-state index in [9.17, 15) is 13.2 Å². The van der Waals surface area contributed by atoms with Crippen molar-refractivity contribution in [1.29, 1.82) is 0 Å². The summed E-state index contributed by atoms with van der Waals surface area (Å²) in [7, 11) is 0. The van der Waals surface area contributed by atoms with Gasteiger partial charge >= 0.3 is 6.18 Å². The zero-order chi connectivity index (χ0) is 15.7. The van der Waals surface area contributed by atoms with Gasteiger partial charge in [0.25, 0.3) is 0 Å². The summed E-state index contributed by atoms with van der Waals surface area (Å²) in [6.07, 6.45) is -4.86. The van der Waals surface area contributed by atoms with Crippen LogP contribution in [0, 0.1) is 0 Å². The Morgan fingerprint density at radius 2 is 1.86 bits per heavy atom. The van der Waals surface area contributed by atoms with Crippen molar-refractivity contribution in [2.75, 3.05) is 19.7 Å². The summed E-state index contributed by atoms with van der Waals surface area (Å²) in [5.74, 6) is 0.437. The summed E-state index contributed by atoms with van der Waals surface area (Å²) in [5, 5.41) is 3.31. The number of benzene rings is 1. The summed E-state index contributed by atoms with van der Waals surface area (Å²) >= 11 is 0. The molecular weight excluding hydrogens is 279 g/mol. The van der Waals surface area contributed by atoms with Crippen LogP contribution in [-0.4, -0.2) is 25.9 Å². The molecule has 0 heterocycles. The molecule has 5 heteroatoms. The van der Waals surface area contributed by atoms with Gasteiger partial charge in [-0.1, -0.05) is 38.1 Å². The van der Waals surface area contributed by atoms with Crippen LogP contribution in [-0.2, 0) is 11.3 Å². The Hall–Kier alpha value is -1.07. The minimum absolute atomic E-state index is 0.0152. The maximum atomic E-state index is 12.0. The Morgan fingerprint density at radius 1 is 1.19 bits per heavy atom. The molecule has 0 aliphatic carbocycles. The van der Waals surface area contributed by atoms with Gasteiger partial charge in [0, 0.05) is 19.6 Å². The van der Waals surface area contributed by atoms with Crippen molar-refractivity contribution >= 4 is 0 Å². The molecule has 0 saturated carbocycles. The molecule has 0 aliphatic rings. The highest BCUT2D eigenvalue weighted by atomic mass is 19.4. The first-order chi connectivity index (χ1) is 9.92. The SMILES string of the molecule is CCNCC(C)c1ccc(COCCCC(F)(F)F)cc1. The molecule has 0 amide bonds. The molecule has 0 saturated heterocycles. The molecule has 1 atom stereocenters. The highest BCUT2D eigenvalue weighted by Gasteiger charge is 2.25. The van der Waals surface area contributed by atoms with Gasteiger partial charge in [0.2, 0.25) is 0 Å². The number of alkyl halides is 3. The molecule has 1 rings (SSSR count). The molecule has 2 nitrogen and oxygen atoms in total. The second-order valence-electron chi connectivity index (χ2n) is 5.22. The maximum Gasteiger partial charge on any atom is 0.389 e. The molecule has 1 aromatic carbocycles. The van der Waals surface area contributed by atoms with E-state index in [0.717, 1.165) is 18.7 Å². The fraction of sp³-hybridized carbons (Fsp3) is 0.625. The Kier molecular flexibility index (Phi) is 7.75. The largest absolute Gasteiger partial charge is 0.389 e. The summed E-state index contributed by atoms with van der Waals surface area (Å²) in [6.45, 7) is 6.62. The van der Waals surface area contributed by atoms with Crippen LogP contribution in [0.4, 0.5) is 13.2 Å². The van der Waals surface area contributed by atoms with E-state index in [-0.39, 0.29) is 13.0 Å². The van der Waals surface area contributed by atoms with Gasteiger partial charge in [-0.15, -0.1) is 0 Å². The number of nitrogens with one attached hydrogen (secondary N) is 1. The molecule has 0 aromatic heterocycles. The number of hydrogen-bond donors (Lipinski definition) is 1. The standard InChI is InChI=1S/C16H24F3NO/c1-3-20-11-13(2)15-7-5-14(6-8-15)12-21-10-4-9-16(17,18)19/h5-8,13,20H,3-4,9-12H2,1-2H3. The Balaban J connectivity index is 2.28. The zero-order valence-electron chi connectivity index (χ0n) is 12.7. The van der Waals surface area contributed by atoms with E-state index in [0.29, 0.717) is 12.5 Å². The van der Waals surface area contributed by atoms with Gasteiger partial charge in [-0.3, -0.25) is 0 Å². The van der Waals surface area contributed by atoms with E-state index in [4.69, 9.17) is 4.74 Å². The van der Waals surface area contributed by atoms with Crippen LogP contribution in [0.1, 0.15) is 43.7 Å². The Bertz CT molecular complexity index is 390. The van der Waals surface area contributed by atoms with E-state index in [2.05, 4.69) is 31.3 Å². The second kappa shape index (κ2) is 9.05. The van der Waals surface area contributed by atoms with Crippen molar-refractivity contribution in [1.82, 2.24) is 5.32 Å². The number of halogens is 3. The summed E-state index contributed by atoms with van der Waals surface area (Å²) in [6, 6.07) is 8.05. The average molecular weight is 303 g/mol.